The number of anilines is 1. The molecule has 6 heteroatoms. The van der Waals surface area contributed by atoms with E-state index in [1.165, 1.54) is 0 Å². The van der Waals surface area contributed by atoms with Crippen molar-refractivity contribution in [3.8, 4) is 5.75 Å². The number of carbonyl (C=O) groups is 1. The van der Waals surface area contributed by atoms with E-state index >= 15 is 0 Å². The van der Waals surface area contributed by atoms with Gasteiger partial charge in [0.1, 0.15) is 11.6 Å². The number of hydrogen-bond donors (Lipinski definition) is 2. The van der Waals surface area contributed by atoms with Gasteiger partial charge in [0, 0.05) is 17.2 Å². The molecule has 2 aromatic rings. The van der Waals surface area contributed by atoms with Gasteiger partial charge in [-0.05, 0) is 45.8 Å². The molecule has 0 aliphatic rings. The van der Waals surface area contributed by atoms with Crippen molar-refractivity contribution in [2.45, 2.75) is 6.54 Å². The Morgan fingerprint density at radius 3 is 2.60 bits per heavy atom. The van der Waals surface area contributed by atoms with E-state index in [-0.39, 0.29) is 6.03 Å². The second-order valence-electron chi connectivity index (χ2n) is 4.02. The molecule has 2 amide bonds. The summed E-state index contributed by atoms with van der Waals surface area (Å²) in [6, 6.07) is 10.7. The summed E-state index contributed by atoms with van der Waals surface area (Å²) in [5, 5.41) is 5.41. The van der Waals surface area contributed by atoms with Gasteiger partial charge in [-0.1, -0.05) is 12.1 Å². The van der Waals surface area contributed by atoms with E-state index in [1.54, 1.807) is 19.4 Å². The number of methoxy groups -OCH3 is 1. The number of nitrogens with zero attached hydrogens (tertiary/aromatic N) is 1. The molecule has 0 bridgehead atoms. The Morgan fingerprint density at radius 2 is 2.00 bits per heavy atom. The van der Waals surface area contributed by atoms with Gasteiger partial charge in [0.2, 0.25) is 0 Å². The summed E-state index contributed by atoms with van der Waals surface area (Å²) in [6.07, 6.45) is 1.62. The average Bonchev–Trinajstić information content (AvgIpc) is 2.48. The number of urea groups is 1. The van der Waals surface area contributed by atoms with Gasteiger partial charge in [0.15, 0.2) is 0 Å². The van der Waals surface area contributed by atoms with Crippen LogP contribution in [0.25, 0.3) is 0 Å². The fourth-order valence-corrected chi connectivity index (χ4v) is 1.77. The lowest BCUT2D eigenvalue weighted by Gasteiger charge is -2.07. The van der Waals surface area contributed by atoms with Gasteiger partial charge in [0.25, 0.3) is 0 Å². The molecule has 1 heterocycles. The third-order valence-corrected chi connectivity index (χ3v) is 3.05. The Bertz CT molecular complexity index is 570. The zero-order chi connectivity index (χ0) is 14.4. The van der Waals surface area contributed by atoms with Crippen LogP contribution in [0, 0.1) is 0 Å². The molecular weight excluding hydrogens is 322 g/mol. The number of amides is 2. The molecule has 0 saturated carbocycles. The summed E-state index contributed by atoms with van der Waals surface area (Å²) >= 11 is 3.28. The quantitative estimate of drug-likeness (QED) is 0.901. The van der Waals surface area contributed by atoms with Crippen molar-refractivity contribution < 1.29 is 9.53 Å². The van der Waals surface area contributed by atoms with Gasteiger partial charge < -0.3 is 10.1 Å². The molecule has 1 aromatic carbocycles. The third kappa shape index (κ3) is 4.24. The molecule has 5 nitrogen and oxygen atoms in total. The molecule has 20 heavy (non-hydrogen) atoms. The van der Waals surface area contributed by atoms with Crippen LogP contribution in [-0.4, -0.2) is 18.1 Å². The van der Waals surface area contributed by atoms with Crippen molar-refractivity contribution in [2.24, 2.45) is 0 Å². The van der Waals surface area contributed by atoms with E-state index in [1.807, 2.05) is 30.3 Å². The molecule has 1 aromatic heterocycles. The zero-order valence-corrected chi connectivity index (χ0v) is 12.5. The third-order valence-electron chi connectivity index (χ3n) is 2.58. The lowest BCUT2D eigenvalue weighted by Crippen LogP contribution is -2.28. The number of benzene rings is 1. The van der Waals surface area contributed by atoms with Crippen molar-refractivity contribution in [3.05, 3.63) is 52.6 Å². The van der Waals surface area contributed by atoms with E-state index in [0.717, 1.165) is 15.8 Å². The van der Waals surface area contributed by atoms with E-state index in [0.29, 0.717) is 12.4 Å². The van der Waals surface area contributed by atoms with Crippen molar-refractivity contribution in [1.29, 1.82) is 0 Å². The fourth-order valence-electron chi connectivity index (χ4n) is 1.54. The lowest BCUT2D eigenvalue weighted by atomic mass is 10.2. The molecule has 0 unspecified atom stereocenters. The molecule has 0 spiro atoms. The van der Waals surface area contributed by atoms with Gasteiger partial charge >= 0.3 is 6.03 Å². The highest BCUT2D eigenvalue weighted by atomic mass is 79.9. The lowest BCUT2D eigenvalue weighted by molar-refractivity contribution is 0.251. The van der Waals surface area contributed by atoms with E-state index in [4.69, 9.17) is 4.74 Å². The predicted octanol–water partition coefficient (Wildman–Crippen LogP) is 3.17. The summed E-state index contributed by atoms with van der Waals surface area (Å²) in [7, 11) is 1.62. The molecule has 2 rings (SSSR count). The Morgan fingerprint density at radius 1 is 1.25 bits per heavy atom. The molecule has 104 valence electrons. The Balaban J connectivity index is 1.83. The van der Waals surface area contributed by atoms with Crippen LogP contribution in [0.5, 0.6) is 5.75 Å². The van der Waals surface area contributed by atoms with Crippen LogP contribution in [0.3, 0.4) is 0 Å². The molecule has 0 aliphatic heterocycles. The highest BCUT2D eigenvalue weighted by Gasteiger charge is 2.02. The highest BCUT2D eigenvalue weighted by Crippen LogP contribution is 2.12. The zero-order valence-electron chi connectivity index (χ0n) is 10.9. The fraction of sp³-hybridized carbons (Fsp3) is 0.143. The number of nitrogens with one attached hydrogen (secondary N) is 2. The maximum atomic E-state index is 11.7. The number of rotatable bonds is 4. The molecule has 0 radical (unpaired) electrons. The number of carbonyl (C=O) groups excluding carboxylic acids is 1. The van der Waals surface area contributed by atoms with Gasteiger partial charge in [-0.25, -0.2) is 9.78 Å². The van der Waals surface area contributed by atoms with Crippen LogP contribution in [-0.2, 0) is 6.54 Å². The van der Waals surface area contributed by atoms with E-state index in [2.05, 4.69) is 31.5 Å². The van der Waals surface area contributed by atoms with Crippen LogP contribution in [0.1, 0.15) is 5.56 Å². The maximum Gasteiger partial charge on any atom is 0.320 e. The van der Waals surface area contributed by atoms with Gasteiger partial charge in [0.05, 0.1) is 7.11 Å². The average molecular weight is 336 g/mol. The molecule has 0 fully saturated rings. The first kappa shape index (κ1) is 14.3. The van der Waals surface area contributed by atoms with Gasteiger partial charge in [-0.2, -0.15) is 0 Å². The summed E-state index contributed by atoms with van der Waals surface area (Å²) in [6.45, 7) is 0.437. The molecular formula is C14H14BrN3O2. The summed E-state index contributed by atoms with van der Waals surface area (Å²) in [4.78, 5) is 15.8. The molecule has 0 aliphatic carbocycles. The first-order chi connectivity index (χ1) is 9.67. The minimum Gasteiger partial charge on any atom is -0.497 e. The smallest absolute Gasteiger partial charge is 0.320 e. The van der Waals surface area contributed by atoms with Crippen molar-refractivity contribution >= 4 is 27.8 Å². The highest BCUT2D eigenvalue weighted by molar-refractivity contribution is 9.10. The van der Waals surface area contributed by atoms with Crippen LogP contribution in [0.15, 0.2) is 47.1 Å². The van der Waals surface area contributed by atoms with Crippen molar-refractivity contribution in [3.63, 3.8) is 0 Å². The van der Waals surface area contributed by atoms with Gasteiger partial charge in [-0.3, -0.25) is 5.32 Å². The summed E-state index contributed by atoms with van der Waals surface area (Å²) < 4.78 is 5.93. The Hall–Kier alpha value is -2.08. The number of pyridine rings is 1. The normalized spacial score (nSPS) is 9.90. The molecule has 0 saturated heterocycles. The second-order valence-corrected chi connectivity index (χ2v) is 4.93. The monoisotopic (exact) mass is 335 g/mol. The van der Waals surface area contributed by atoms with Gasteiger partial charge in [-0.15, -0.1) is 0 Å². The minimum atomic E-state index is -0.296. The maximum absolute atomic E-state index is 11.7. The number of aromatic nitrogens is 1. The van der Waals surface area contributed by atoms with Crippen LogP contribution < -0.4 is 15.4 Å². The van der Waals surface area contributed by atoms with Crippen LogP contribution in [0.4, 0.5) is 10.6 Å². The standard InChI is InChI=1S/C14H14BrN3O2/c1-20-12-5-2-10(3-6-12)8-17-14(19)18-13-7-4-11(15)9-16-13/h2-7,9H,8H2,1H3,(H2,16,17,18,19). The number of hydrogen-bond acceptors (Lipinski definition) is 3. The molecule has 2 N–H and O–H groups in total. The predicted molar refractivity (Wildman–Crippen MR) is 80.8 cm³/mol. The summed E-state index contributed by atoms with van der Waals surface area (Å²) in [5.41, 5.74) is 0.990. The summed E-state index contributed by atoms with van der Waals surface area (Å²) in [5.74, 6) is 1.29. The topological polar surface area (TPSA) is 63.2 Å². The minimum absolute atomic E-state index is 0.296. The first-order valence-electron chi connectivity index (χ1n) is 5.97. The van der Waals surface area contributed by atoms with E-state index < -0.39 is 0 Å². The van der Waals surface area contributed by atoms with E-state index in [9.17, 15) is 4.79 Å². The second kappa shape index (κ2) is 6.91. The largest absolute Gasteiger partial charge is 0.497 e. The Labute approximate surface area is 125 Å². The van der Waals surface area contributed by atoms with Crippen molar-refractivity contribution in [2.75, 3.05) is 12.4 Å². The van der Waals surface area contributed by atoms with Crippen LogP contribution in [0.2, 0.25) is 0 Å². The SMILES string of the molecule is COc1ccc(CNC(=O)Nc2ccc(Br)cn2)cc1. The number of ether oxygens (including phenoxy) is 1. The molecule has 0 atom stereocenters. The first-order valence-corrected chi connectivity index (χ1v) is 6.76. The number of halogens is 1. The van der Waals surface area contributed by atoms with Crippen LogP contribution >= 0.6 is 15.9 Å². The van der Waals surface area contributed by atoms with Crippen molar-refractivity contribution in [1.82, 2.24) is 10.3 Å². The Kier molecular flexibility index (Phi) is 4.95.